The monoisotopic (exact) mass is 431 g/mol. The number of hydrogen-bond acceptors (Lipinski definition) is 5. The van der Waals surface area contributed by atoms with Gasteiger partial charge in [-0.05, 0) is 55.3 Å². The number of unbranched alkanes of at least 4 members (excludes halogenated alkanes) is 6. The summed E-state index contributed by atoms with van der Waals surface area (Å²) in [6.45, 7) is 2.71. The largest absolute Gasteiger partial charge is 0.294 e. The average Bonchev–Trinajstić information content (AvgIpc) is 3.30. The van der Waals surface area contributed by atoms with Gasteiger partial charge in [-0.25, -0.2) is 4.98 Å². The summed E-state index contributed by atoms with van der Waals surface area (Å²) in [5, 5.41) is 1.04. The number of carbonyl (C=O) groups excluding carboxylic acids is 2. The van der Waals surface area contributed by atoms with E-state index in [1.54, 1.807) is 18.0 Å². The number of thioether (sulfide) groups is 2. The Morgan fingerprint density at radius 2 is 1.97 bits per heavy atom. The van der Waals surface area contributed by atoms with Gasteiger partial charge in [-0.1, -0.05) is 44.7 Å². The number of amides is 2. The minimum Gasteiger partial charge on any atom is -0.294 e. The normalized spacial score (nSPS) is 15.9. The molecule has 0 aliphatic carbocycles. The minimum atomic E-state index is -0.122. The molecule has 0 atom stereocenters. The molecule has 0 saturated carbocycles. The molecule has 1 aliphatic rings. The summed E-state index contributed by atoms with van der Waals surface area (Å²) in [5.41, 5.74) is 0.949. The predicted octanol–water partition coefficient (Wildman–Crippen LogP) is 6.15. The minimum absolute atomic E-state index is 0.107. The van der Waals surface area contributed by atoms with Crippen LogP contribution in [0.2, 0.25) is 0 Å². The molecule has 2 amide bonds. The molecule has 2 aromatic rings. The number of pyridine rings is 1. The number of carbonyl (C=O) groups is 2. The lowest BCUT2D eigenvalue weighted by molar-refractivity contribution is -0.122. The maximum absolute atomic E-state index is 12.5. The summed E-state index contributed by atoms with van der Waals surface area (Å²) >= 11 is 2.87. The molecule has 156 valence electrons. The number of aromatic nitrogens is 2. The molecular weight excluding hydrogens is 402 g/mol. The van der Waals surface area contributed by atoms with Crippen LogP contribution in [-0.2, 0) is 4.79 Å². The number of imidazole rings is 1. The second-order valence-electron chi connectivity index (χ2n) is 7.17. The molecule has 0 radical (unpaired) electrons. The Morgan fingerprint density at radius 3 is 2.83 bits per heavy atom. The molecule has 29 heavy (non-hydrogen) atoms. The first-order chi connectivity index (χ1) is 14.2. The van der Waals surface area contributed by atoms with E-state index in [-0.39, 0.29) is 11.1 Å². The van der Waals surface area contributed by atoms with Crippen LogP contribution in [0.3, 0.4) is 0 Å². The van der Waals surface area contributed by atoms with Crippen molar-refractivity contribution in [1.29, 1.82) is 0 Å². The van der Waals surface area contributed by atoms with E-state index in [0.717, 1.165) is 53.9 Å². The second kappa shape index (κ2) is 11.5. The van der Waals surface area contributed by atoms with Crippen molar-refractivity contribution >= 4 is 40.3 Å². The van der Waals surface area contributed by atoms with Gasteiger partial charge in [0.25, 0.3) is 11.1 Å². The van der Waals surface area contributed by atoms with Crippen molar-refractivity contribution in [3.8, 4) is 0 Å². The van der Waals surface area contributed by atoms with Gasteiger partial charge in [0, 0.05) is 18.9 Å². The van der Waals surface area contributed by atoms with Crippen LogP contribution in [0.5, 0.6) is 0 Å². The van der Waals surface area contributed by atoms with E-state index >= 15 is 0 Å². The van der Waals surface area contributed by atoms with E-state index in [1.165, 1.54) is 30.6 Å². The van der Waals surface area contributed by atoms with Crippen molar-refractivity contribution < 1.29 is 9.59 Å². The fourth-order valence-corrected chi connectivity index (χ4v) is 5.20. The predicted molar refractivity (Wildman–Crippen MR) is 121 cm³/mol. The van der Waals surface area contributed by atoms with Crippen molar-refractivity contribution in [1.82, 2.24) is 14.3 Å². The maximum atomic E-state index is 12.5. The molecule has 2 aromatic heterocycles. The number of imide groups is 1. The molecule has 3 rings (SSSR count). The molecule has 0 unspecified atom stereocenters. The highest BCUT2D eigenvalue weighted by Gasteiger charge is 2.34. The number of fused-ring (bicyclic) bond motifs is 1. The van der Waals surface area contributed by atoms with E-state index in [4.69, 9.17) is 0 Å². The third kappa shape index (κ3) is 6.12. The van der Waals surface area contributed by atoms with Gasteiger partial charge in [-0.3, -0.25) is 18.9 Å². The van der Waals surface area contributed by atoms with Crippen molar-refractivity contribution in [2.24, 2.45) is 0 Å². The second-order valence-corrected chi connectivity index (χ2v) is 9.28. The summed E-state index contributed by atoms with van der Waals surface area (Å²) in [6.07, 6.45) is 14.4. The highest BCUT2D eigenvalue weighted by Crippen LogP contribution is 2.31. The molecular formula is C22H29N3O2S2. The van der Waals surface area contributed by atoms with Crippen molar-refractivity contribution in [2.75, 3.05) is 12.3 Å². The van der Waals surface area contributed by atoms with E-state index in [1.807, 2.05) is 24.4 Å². The smallest absolute Gasteiger partial charge is 0.293 e. The zero-order valence-electron chi connectivity index (χ0n) is 17.0. The SMILES string of the molecule is CCCCCCCC=C1SC(=O)N(CCCCSc2cccc3nccn23)C1=O. The number of hydrogen-bond donors (Lipinski definition) is 0. The van der Waals surface area contributed by atoms with Gasteiger partial charge in [-0.15, -0.1) is 11.8 Å². The fraction of sp³-hybridized carbons (Fsp3) is 0.500. The van der Waals surface area contributed by atoms with Crippen LogP contribution in [0.1, 0.15) is 58.3 Å². The molecule has 0 bridgehead atoms. The molecule has 1 saturated heterocycles. The van der Waals surface area contributed by atoms with E-state index in [2.05, 4.69) is 22.4 Å². The summed E-state index contributed by atoms with van der Waals surface area (Å²) in [7, 11) is 0. The summed E-state index contributed by atoms with van der Waals surface area (Å²) in [4.78, 5) is 31.0. The van der Waals surface area contributed by atoms with Crippen molar-refractivity contribution in [2.45, 2.75) is 63.3 Å². The Morgan fingerprint density at radius 1 is 1.10 bits per heavy atom. The first-order valence-corrected chi connectivity index (χ1v) is 12.3. The van der Waals surface area contributed by atoms with Crippen LogP contribution < -0.4 is 0 Å². The first-order valence-electron chi connectivity index (χ1n) is 10.5. The summed E-state index contributed by atoms with van der Waals surface area (Å²) in [6, 6.07) is 6.09. The zero-order chi connectivity index (χ0) is 20.5. The lowest BCUT2D eigenvalue weighted by Gasteiger charge is -2.12. The topological polar surface area (TPSA) is 54.7 Å². The molecule has 7 heteroatoms. The van der Waals surface area contributed by atoms with Crippen LogP contribution in [0.4, 0.5) is 4.79 Å². The van der Waals surface area contributed by atoms with Crippen molar-refractivity contribution in [3.05, 3.63) is 41.6 Å². The molecule has 3 heterocycles. The summed E-state index contributed by atoms with van der Waals surface area (Å²) in [5.74, 6) is 0.839. The fourth-order valence-electron chi connectivity index (χ4n) is 3.30. The van der Waals surface area contributed by atoms with Crippen LogP contribution >= 0.6 is 23.5 Å². The Kier molecular flexibility index (Phi) is 8.68. The van der Waals surface area contributed by atoms with Gasteiger partial charge < -0.3 is 0 Å². The third-order valence-electron chi connectivity index (χ3n) is 4.93. The zero-order valence-corrected chi connectivity index (χ0v) is 18.6. The number of allylic oxidation sites excluding steroid dienone is 1. The highest BCUT2D eigenvalue weighted by atomic mass is 32.2. The van der Waals surface area contributed by atoms with Gasteiger partial charge in [0.2, 0.25) is 0 Å². The first kappa shape index (κ1) is 22.0. The molecule has 1 fully saturated rings. The van der Waals surface area contributed by atoms with E-state index in [9.17, 15) is 9.59 Å². The average molecular weight is 432 g/mol. The van der Waals surface area contributed by atoms with Gasteiger partial charge in [0.05, 0.1) is 9.93 Å². The van der Waals surface area contributed by atoms with E-state index < -0.39 is 0 Å². The summed E-state index contributed by atoms with van der Waals surface area (Å²) < 4.78 is 2.08. The van der Waals surface area contributed by atoms with Crippen LogP contribution in [0.25, 0.3) is 5.65 Å². The maximum Gasteiger partial charge on any atom is 0.293 e. The Hall–Kier alpha value is -1.73. The highest BCUT2D eigenvalue weighted by molar-refractivity contribution is 8.18. The Bertz CT molecular complexity index is 863. The van der Waals surface area contributed by atoms with Crippen LogP contribution in [-0.4, -0.2) is 37.7 Å². The molecule has 1 aliphatic heterocycles. The molecule has 0 aromatic carbocycles. The van der Waals surface area contributed by atoms with Gasteiger partial charge in [-0.2, -0.15) is 0 Å². The quantitative estimate of drug-likeness (QED) is 0.229. The Balaban J connectivity index is 1.37. The van der Waals surface area contributed by atoms with Gasteiger partial charge in [0.1, 0.15) is 5.65 Å². The molecule has 0 spiro atoms. The van der Waals surface area contributed by atoms with Gasteiger partial charge >= 0.3 is 0 Å². The number of nitrogens with zero attached hydrogens (tertiary/aromatic N) is 3. The standard InChI is InChI=1S/C22H29N3O2S2/c1-2-3-4-5-6-7-11-18-21(26)25(22(27)29-18)15-8-9-17-28-20-13-10-12-19-23-14-16-24(19)20/h10-14,16H,2-9,15,17H2,1H3. The van der Waals surface area contributed by atoms with E-state index in [0.29, 0.717) is 11.4 Å². The lowest BCUT2D eigenvalue weighted by Crippen LogP contribution is -2.29. The van der Waals surface area contributed by atoms with Crippen LogP contribution in [0.15, 0.2) is 46.6 Å². The Labute approximate surface area is 181 Å². The third-order valence-corrected chi connectivity index (χ3v) is 7.01. The molecule has 0 N–H and O–H groups in total. The lowest BCUT2D eigenvalue weighted by atomic mass is 10.1. The molecule has 5 nitrogen and oxygen atoms in total. The van der Waals surface area contributed by atoms with Crippen molar-refractivity contribution in [3.63, 3.8) is 0 Å². The van der Waals surface area contributed by atoms with Gasteiger partial charge in [0.15, 0.2) is 0 Å². The van der Waals surface area contributed by atoms with Crippen LogP contribution in [0, 0.1) is 0 Å². The number of rotatable bonds is 12.